The number of hydrogen-bond donors (Lipinski definition) is 0. The van der Waals surface area contributed by atoms with Gasteiger partial charge in [-0.15, -0.1) is 0 Å². The fourth-order valence-corrected chi connectivity index (χ4v) is 1.79. The van der Waals surface area contributed by atoms with Crippen molar-refractivity contribution in [2.24, 2.45) is 0 Å². The molecule has 1 heteroatoms. The summed E-state index contributed by atoms with van der Waals surface area (Å²) < 4.78 is 1.62. The first-order valence-electron chi connectivity index (χ1n) is 2.88. The molecule has 45 valence electrons. The molecular formula is C7H10Mn. The van der Waals surface area contributed by atoms with Crippen molar-refractivity contribution in [3.05, 3.63) is 22.7 Å². The second kappa shape index (κ2) is 3.11. The Balaban J connectivity index is 2.28. The molecular weight excluding hydrogens is 139 g/mol. The molecule has 0 aromatic heterocycles. The Hall–Kier alpha value is -0.000519. The minimum atomic E-state index is 1.04. The van der Waals surface area contributed by atoms with Gasteiger partial charge in [0.25, 0.3) is 0 Å². The van der Waals surface area contributed by atoms with Gasteiger partial charge in [-0.1, -0.05) is 0 Å². The Morgan fingerprint density at radius 2 is 2.62 bits per heavy atom. The van der Waals surface area contributed by atoms with Gasteiger partial charge in [0.05, 0.1) is 0 Å². The fraction of sp³-hybridized carbons (Fsp3) is 0.429. The first-order valence-corrected chi connectivity index (χ1v) is 4.31. The van der Waals surface area contributed by atoms with Crippen LogP contribution in [-0.4, -0.2) is 0 Å². The van der Waals surface area contributed by atoms with Crippen LogP contribution in [0.1, 0.15) is 13.3 Å². The monoisotopic (exact) mass is 149 g/mol. The number of rotatable bonds is 2. The first kappa shape index (κ1) is 6.12. The Labute approximate surface area is 56.8 Å². The molecule has 8 heavy (non-hydrogen) atoms. The fourth-order valence-electron chi connectivity index (χ4n) is 0.692. The normalized spacial score (nSPS) is 16.9. The quantitative estimate of drug-likeness (QED) is 0.528. The van der Waals surface area contributed by atoms with E-state index in [-0.39, 0.29) is 0 Å². The van der Waals surface area contributed by atoms with Crippen LogP contribution in [0.2, 0.25) is 5.32 Å². The molecule has 0 heterocycles. The van der Waals surface area contributed by atoms with Gasteiger partial charge in [-0.2, -0.15) is 0 Å². The van der Waals surface area contributed by atoms with Crippen molar-refractivity contribution in [3.8, 4) is 0 Å². The Morgan fingerprint density at radius 3 is 3.12 bits per heavy atom. The van der Waals surface area contributed by atoms with Crippen molar-refractivity contribution in [2.75, 3.05) is 0 Å². The molecule has 0 fully saturated rings. The standard InChI is InChI=1S/C5H5.C2H5.Mn/c1-2-4-5-3-1;1-2;/h1-3H,4H2;1H2,2H3;. The third kappa shape index (κ3) is 1.50. The summed E-state index contributed by atoms with van der Waals surface area (Å²) in [5, 5.41) is 1.32. The molecule has 0 bridgehead atoms. The van der Waals surface area contributed by atoms with Crippen molar-refractivity contribution < 1.29 is 15.0 Å². The molecule has 0 radical (unpaired) electrons. The van der Waals surface area contributed by atoms with E-state index in [0.717, 1.165) is 15.0 Å². The van der Waals surface area contributed by atoms with E-state index in [9.17, 15) is 0 Å². The van der Waals surface area contributed by atoms with Gasteiger partial charge in [0.2, 0.25) is 0 Å². The summed E-state index contributed by atoms with van der Waals surface area (Å²) in [6.07, 6.45) is 7.83. The summed E-state index contributed by atoms with van der Waals surface area (Å²) in [7, 11) is 0. The third-order valence-electron chi connectivity index (χ3n) is 1.03. The summed E-state index contributed by atoms with van der Waals surface area (Å²) in [4.78, 5) is 0. The molecule has 1 aliphatic carbocycles. The molecule has 0 aromatic carbocycles. The topological polar surface area (TPSA) is 0 Å². The predicted octanol–water partition coefficient (Wildman–Crippen LogP) is 2.35. The molecule has 0 aromatic rings. The molecule has 0 atom stereocenters. The zero-order chi connectivity index (χ0) is 5.82. The number of hydrogen-bond acceptors (Lipinski definition) is 0. The second-order valence-electron chi connectivity index (χ2n) is 1.65. The van der Waals surface area contributed by atoms with Gasteiger partial charge in [-0.3, -0.25) is 0 Å². The summed E-state index contributed by atoms with van der Waals surface area (Å²) in [5.41, 5.74) is 0. The van der Waals surface area contributed by atoms with E-state index in [1.165, 1.54) is 11.7 Å². The molecule has 0 unspecified atom stereocenters. The van der Waals surface area contributed by atoms with Crippen LogP contribution >= 0.6 is 0 Å². The predicted molar refractivity (Wildman–Crippen MR) is 32.3 cm³/mol. The summed E-state index contributed by atoms with van der Waals surface area (Å²) in [5.74, 6) is 0. The first-order chi connectivity index (χ1) is 3.93. The molecule has 0 aliphatic heterocycles. The molecule has 1 aliphatic rings. The van der Waals surface area contributed by atoms with E-state index in [4.69, 9.17) is 0 Å². The summed E-state index contributed by atoms with van der Waals surface area (Å²) >= 11 is 1.04. The van der Waals surface area contributed by atoms with Crippen molar-refractivity contribution in [3.63, 3.8) is 0 Å². The molecule has 0 saturated carbocycles. The zero-order valence-electron chi connectivity index (χ0n) is 5.02. The molecule has 0 spiro atoms. The summed E-state index contributed by atoms with van der Waals surface area (Å²) in [6, 6.07) is 0. The van der Waals surface area contributed by atoms with E-state index >= 15 is 0 Å². The SMILES string of the molecule is C[CH2][Mn][C]1=CC=CC1. The van der Waals surface area contributed by atoms with Crippen molar-refractivity contribution in [1.82, 2.24) is 0 Å². The summed E-state index contributed by atoms with van der Waals surface area (Å²) in [6.45, 7) is 2.24. The van der Waals surface area contributed by atoms with E-state index in [2.05, 4.69) is 25.2 Å². The molecule has 0 amide bonds. The third-order valence-corrected chi connectivity index (χ3v) is 2.42. The average molecular weight is 149 g/mol. The van der Waals surface area contributed by atoms with E-state index in [1.54, 1.807) is 4.47 Å². The average Bonchev–Trinajstić information content (AvgIpc) is 2.19. The Bertz CT molecular complexity index is 122. The van der Waals surface area contributed by atoms with Gasteiger partial charge in [-0.25, -0.2) is 0 Å². The van der Waals surface area contributed by atoms with Gasteiger partial charge in [-0.05, 0) is 0 Å². The maximum atomic E-state index is 2.24. The van der Waals surface area contributed by atoms with E-state index in [1.807, 2.05) is 0 Å². The van der Waals surface area contributed by atoms with Crippen LogP contribution in [0.25, 0.3) is 0 Å². The van der Waals surface area contributed by atoms with Crippen LogP contribution in [-0.2, 0) is 15.0 Å². The van der Waals surface area contributed by atoms with Crippen LogP contribution < -0.4 is 0 Å². The molecule has 0 saturated heterocycles. The van der Waals surface area contributed by atoms with Crippen molar-refractivity contribution in [2.45, 2.75) is 18.7 Å². The maximum absolute atomic E-state index is 2.24. The van der Waals surface area contributed by atoms with Crippen LogP contribution in [0.15, 0.2) is 22.7 Å². The Kier molecular flexibility index (Phi) is 2.38. The minimum absolute atomic E-state index is 1.04. The Morgan fingerprint density at radius 1 is 1.75 bits per heavy atom. The van der Waals surface area contributed by atoms with Crippen LogP contribution in [0.4, 0.5) is 0 Å². The van der Waals surface area contributed by atoms with E-state index in [0.29, 0.717) is 0 Å². The second-order valence-corrected chi connectivity index (χ2v) is 3.66. The zero-order valence-corrected chi connectivity index (χ0v) is 6.20. The van der Waals surface area contributed by atoms with Crippen molar-refractivity contribution in [1.29, 1.82) is 0 Å². The molecule has 1 rings (SSSR count). The van der Waals surface area contributed by atoms with Crippen molar-refractivity contribution >= 4 is 0 Å². The molecule has 0 nitrogen and oxygen atoms in total. The van der Waals surface area contributed by atoms with Gasteiger partial charge in [0, 0.05) is 0 Å². The van der Waals surface area contributed by atoms with Gasteiger partial charge < -0.3 is 0 Å². The van der Waals surface area contributed by atoms with Crippen LogP contribution in [0.5, 0.6) is 0 Å². The van der Waals surface area contributed by atoms with Crippen LogP contribution in [0, 0.1) is 0 Å². The van der Waals surface area contributed by atoms with Gasteiger partial charge in [0.1, 0.15) is 0 Å². The molecule has 0 N–H and O–H groups in total. The van der Waals surface area contributed by atoms with Gasteiger partial charge in [0.15, 0.2) is 0 Å². The van der Waals surface area contributed by atoms with E-state index < -0.39 is 0 Å². The number of allylic oxidation sites excluding steroid dienone is 4. The van der Waals surface area contributed by atoms with Gasteiger partial charge >= 0.3 is 56.3 Å². The van der Waals surface area contributed by atoms with Crippen LogP contribution in [0.3, 0.4) is 0 Å².